The van der Waals surface area contributed by atoms with E-state index in [1.54, 1.807) is 28.9 Å². The zero-order chi connectivity index (χ0) is 22.5. The van der Waals surface area contributed by atoms with Crippen LogP contribution in [0.1, 0.15) is 21.5 Å². The van der Waals surface area contributed by atoms with Crippen molar-refractivity contribution in [2.75, 3.05) is 5.32 Å². The molecule has 1 aromatic heterocycles. The first-order valence-corrected chi connectivity index (χ1v) is 11.3. The number of hydrogen-bond acceptors (Lipinski definition) is 3. The highest BCUT2D eigenvalue weighted by Crippen LogP contribution is 2.25. The number of anilines is 1. The molecule has 32 heavy (non-hydrogen) atoms. The summed E-state index contributed by atoms with van der Waals surface area (Å²) in [4.78, 5) is 12.8. The van der Waals surface area contributed by atoms with Gasteiger partial charge in [-0.3, -0.25) is 9.48 Å². The SMILES string of the molecule is O=C(Nc1nn(Cc2ccc(Cl)cc2)cc1Br)c1cccc(COc2ccccc2Cl)c1. The van der Waals surface area contributed by atoms with Gasteiger partial charge < -0.3 is 10.1 Å². The third-order valence-corrected chi connectivity index (χ3v) is 5.77. The highest BCUT2D eigenvalue weighted by atomic mass is 79.9. The summed E-state index contributed by atoms with van der Waals surface area (Å²) in [5.74, 6) is 0.780. The van der Waals surface area contributed by atoms with Crippen molar-refractivity contribution in [2.45, 2.75) is 13.2 Å². The number of aromatic nitrogens is 2. The van der Waals surface area contributed by atoms with Crippen molar-refractivity contribution in [1.82, 2.24) is 9.78 Å². The van der Waals surface area contributed by atoms with Gasteiger partial charge in [-0.1, -0.05) is 59.6 Å². The van der Waals surface area contributed by atoms with Crippen LogP contribution in [0.4, 0.5) is 5.82 Å². The molecular formula is C24H18BrCl2N3O2. The molecule has 1 heterocycles. The third kappa shape index (κ3) is 5.71. The molecular weight excluding hydrogens is 513 g/mol. The fourth-order valence-electron chi connectivity index (χ4n) is 3.04. The molecule has 0 saturated carbocycles. The molecule has 8 heteroatoms. The molecule has 0 bridgehead atoms. The Balaban J connectivity index is 1.41. The van der Waals surface area contributed by atoms with E-state index in [0.29, 0.717) is 44.8 Å². The van der Waals surface area contributed by atoms with Crippen LogP contribution in [0, 0.1) is 0 Å². The van der Waals surface area contributed by atoms with E-state index in [2.05, 4.69) is 26.3 Å². The molecule has 0 aliphatic heterocycles. The van der Waals surface area contributed by atoms with Crippen LogP contribution < -0.4 is 10.1 Å². The van der Waals surface area contributed by atoms with Crippen molar-refractivity contribution in [3.8, 4) is 5.75 Å². The number of nitrogens with one attached hydrogen (secondary N) is 1. The van der Waals surface area contributed by atoms with E-state index in [4.69, 9.17) is 27.9 Å². The first-order chi connectivity index (χ1) is 15.5. The molecule has 4 aromatic rings. The van der Waals surface area contributed by atoms with Gasteiger partial charge in [0, 0.05) is 16.8 Å². The normalized spacial score (nSPS) is 10.7. The highest BCUT2D eigenvalue weighted by Gasteiger charge is 2.13. The number of ether oxygens (including phenoxy) is 1. The Morgan fingerprint density at radius 2 is 1.78 bits per heavy atom. The van der Waals surface area contributed by atoms with Gasteiger partial charge in [0.1, 0.15) is 12.4 Å². The standard InChI is InChI=1S/C24H18BrCl2N3O2/c25-20-14-30(13-16-8-10-19(26)11-9-16)29-23(20)28-24(31)18-5-3-4-17(12-18)15-32-22-7-2-1-6-21(22)27/h1-12,14H,13,15H2,(H,28,29,31). The van der Waals surface area contributed by atoms with Gasteiger partial charge in [0.05, 0.1) is 16.0 Å². The van der Waals surface area contributed by atoms with Crippen molar-refractivity contribution < 1.29 is 9.53 Å². The number of halogens is 3. The average molecular weight is 531 g/mol. The molecule has 0 spiro atoms. The van der Waals surface area contributed by atoms with Gasteiger partial charge in [-0.2, -0.15) is 5.10 Å². The molecule has 0 saturated heterocycles. The molecule has 0 fully saturated rings. The van der Waals surface area contributed by atoms with E-state index in [-0.39, 0.29) is 5.91 Å². The Hall–Kier alpha value is -2.80. The summed E-state index contributed by atoms with van der Waals surface area (Å²) in [6.45, 7) is 0.852. The summed E-state index contributed by atoms with van der Waals surface area (Å²) in [7, 11) is 0. The Morgan fingerprint density at radius 3 is 2.56 bits per heavy atom. The second-order valence-electron chi connectivity index (χ2n) is 7.02. The van der Waals surface area contributed by atoms with Gasteiger partial charge in [-0.05, 0) is 63.5 Å². The van der Waals surface area contributed by atoms with Crippen molar-refractivity contribution in [1.29, 1.82) is 0 Å². The van der Waals surface area contributed by atoms with Gasteiger partial charge in [0.2, 0.25) is 0 Å². The number of para-hydroxylation sites is 1. The van der Waals surface area contributed by atoms with Crippen molar-refractivity contribution in [2.24, 2.45) is 0 Å². The molecule has 0 radical (unpaired) electrons. The molecule has 1 amide bonds. The second-order valence-corrected chi connectivity index (χ2v) is 8.72. The molecule has 3 aromatic carbocycles. The predicted octanol–water partition coefficient (Wildman–Crippen LogP) is 6.83. The Kier molecular flexibility index (Phi) is 7.15. The summed E-state index contributed by atoms with van der Waals surface area (Å²) < 4.78 is 8.21. The molecule has 0 unspecified atom stereocenters. The number of carbonyl (C=O) groups is 1. The smallest absolute Gasteiger partial charge is 0.256 e. The van der Waals surface area contributed by atoms with Gasteiger partial charge in [0.25, 0.3) is 5.91 Å². The number of carbonyl (C=O) groups excluding carboxylic acids is 1. The summed E-state index contributed by atoms with van der Waals surface area (Å²) >= 11 is 15.5. The molecule has 4 rings (SSSR count). The first-order valence-electron chi connectivity index (χ1n) is 9.73. The van der Waals surface area contributed by atoms with Crippen LogP contribution in [0.5, 0.6) is 5.75 Å². The molecule has 5 nitrogen and oxygen atoms in total. The number of hydrogen-bond donors (Lipinski definition) is 1. The summed E-state index contributed by atoms with van der Waals surface area (Å²) in [5.41, 5.74) is 2.41. The summed E-state index contributed by atoms with van der Waals surface area (Å²) in [6.07, 6.45) is 1.82. The average Bonchev–Trinajstić information content (AvgIpc) is 3.13. The van der Waals surface area contributed by atoms with Crippen LogP contribution >= 0.6 is 39.1 Å². The number of amides is 1. The maximum Gasteiger partial charge on any atom is 0.256 e. The van der Waals surface area contributed by atoms with Crippen LogP contribution in [0.2, 0.25) is 10.0 Å². The van der Waals surface area contributed by atoms with Gasteiger partial charge in [-0.25, -0.2) is 0 Å². The lowest BCUT2D eigenvalue weighted by Gasteiger charge is -2.09. The van der Waals surface area contributed by atoms with Crippen LogP contribution in [-0.2, 0) is 13.2 Å². The van der Waals surface area contributed by atoms with Crippen LogP contribution in [0.3, 0.4) is 0 Å². The topological polar surface area (TPSA) is 56.2 Å². The Labute approximate surface area is 204 Å². The van der Waals surface area contributed by atoms with E-state index in [1.165, 1.54) is 0 Å². The minimum Gasteiger partial charge on any atom is -0.487 e. The van der Waals surface area contributed by atoms with Crippen LogP contribution in [0.25, 0.3) is 0 Å². The molecule has 0 atom stereocenters. The van der Waals surface area contributed by atoms with Crippen molar-refractivity contribution in [3.05, 3.63) is 110 Å². The quantitative estimate of drug-likeness (QED) is 0.285. The molecule has 162 valence electrons. The number of benzene rings is 3. The fraction of sp³-hybridized carbons (Fsp3) is 0.0833. The monoisotopic (exact) mass is 529 g/mol. The van der Waals surface area contributed by atoms with E-state index < -0.39 is 0 Å². The minimum atomic E-state index is -0.262. The largest absolute Gasteiger partial charge is 0.487 e. The first kappa shape index (κ1) is 22.4. The Morgan fingerprint density at radius 1 is 1.00 bits per heavy atom. The minimum absolute atomic E-state index is 0.262. The van der Waals surface area contributed by atoms with Crippen LogP contribution in [0.15, 0.2) is 83.5 Å². The molecule has 1 N–H and O–H groups in total. The maximum absolute atomic E-state index is 12.8. The lowest BCUT2D eigenvalue weighted by atomic mass is 10.1. The predicted molar refractivity (Wildman–Crippen MR) is 131 cm³/mol. The van der Waals surface area contributed by atoms with Gasteiger partial charge in [0.15, 0.2) is 5.82 Å². The fourth-order valence-corrected chi connectivity index (χ4v) is 3.78. The third-order valence-electron chi connectivity index (χ3n) is 4.63. The molecule has 0 aliphatic rings. The van der Waals surface area contributed by atoms with E-state index in [9.17, 15) is 4.79 Å². The van der Waals surface area contributed by atoms with Crippen LogP contribution in [-0.4, -0.2) is 15.7 Å². The van der Waals surface area contributed by atoms with Crippen molar-refractivity contribution in [3.63, 3.8) is 0 Å². The van der Waals surface area contributed by atoms with E-state index >= 15 is 0 Å². The zero-order valence-electron chi connectivity index (χ0n) is 16.8. The maximum atomic E-state index is 12.8. The van der Waals surface area contributed by atoms with Crippen molar-refractivity contribution >= 4 is 50.9 Å². The lowest BCUT2D eigenvalue weighted by molar-refractivity contribution is 0.102. The zero-order valence-corrected chi connectivity index (χ0v) is 19.9. The number of nitrogens with zero attached hydrogens (tertiary/aromatic N) is 2. The number of rotatable bonds is 7. The summed E-state index contributed by atoms with van der Waals surface area (Å²) in [5, 5.41) is 8.54. The van der Waals surface area contributed by atoms with E-state index in [0.717, 1.165) is 11.1 Å². The highest BCUT2D eigenvalue weighted by molar-refractivity contribution is 9.10. The van der Waals surface area contributed by atoms with Gasteiger partial charge in [-0.15, -0.1) is 0 Å². The lowest BCUT2D eigenvalue weighted by Crippen LogP contribution is -2.13. The summed E-state index contributed by atoms with van der Waals surface area (Å²) in [6, 6.07) is 22.0. The molecule has 0 aliphatic carbocycles. The second kappa shape index (κ2) is 10.2. The van der Waals surface area contributed by atoms with Gasteiger partial charge >= 0.3 is 0 Å². The Bertz CT molecular complexity index is 1240. The van der Waals surface area contributed by atoms with E-state index in [1.807, 2.05) is 54.7 Å².